The van der Waals surface area contributed by atoms with Crippen LogP contribution in [0.5, 0.6) is 11.5 Å². The molecule has 0 atom stereocenters. The van der Waals surface area contributed by atoms with Crippen molar-refractivity contribution in [1.82, 2.24) is 4.90 Å². The van der Waals surface area contributed by atoms with Crippen molar-refractivity contribution in [1.29, 1.82) is 0 Å². The van der Waals surface area contributed by atoms with E-state index in [0.29, 0.717) is 39.0 Å². The molecule has 0 N–H and O–H groups in total. The Kier molecular flexibility index (Phi) is 7.06. The first-order chi connectivity index (χ1) is 13.0. The van der Waals surface area contributed by atoms with Crippen LogP contribution >= 0.6 is 35.6 Å². The zero-order valence-corrected chi connectivity index (χ0v) is 18.0. The smallest absolute Gasteiger partial charge is 0.266 e. The zero-order chi connectivity index (χ0) is 19.4. The van der Waals surface area contributed by atoms with Crippen LogP contribution in [0.4, 0.5) is 0 Å². The highest BCUT2D eigenvalue weighted by molar-refractivity contribution is 8.26. The molecule has 2 aliphatic rings. The average molecular weight is 426 g/mol. The minimum absolute atomic E-state index is 0.000123. The Balaban J connectivity index is 1.87. The van der Waals surface area contributed by atoms with Crippen molar-refractivity contribution in [2.45, 2.75) is 52.0 Å². The highest BCUT2D eigenvalue weighted by atomic mass is 35.5. The van der Waals surface area contributed by atoms with Gasteiger partial charge in [-0.2, -0.15) is 0 Å². The standard InChI is InChI=1S/C20H24ClNO3S2/c1-3-24-16-11-13(10-15(21)18(16)25-4-2)12-17-19(23)22(20(26)27-17)14-8-6-5-7-9-14/h10-12,14H,3-9H2,1-2H3/b17-12-. The van der Waals surface area contributed by atoms with Gasteiger partial charge in [-0.15, -0.1) is 0 Å². The van der Waals surface area contributed by atoms with E-state index in [1.54, 1.807) is 6.07 Å². The number of halogens is 1. The van der Waals surface area contributed by atoms with Crippen LogP contribution in [0, 0.1) is 0 Å². The Morgan fingerprint density at radius 1 is 1.22 bits per heavy atom. The monoisotopic (exact) mass is 425 g/mol. The molecule has 4 nitrogen and oxygen atoms in total. The third-order valence-electron chi connectivity index (χ3n) is 4.68. The first kappa shape index (κ1) is 20.5. The molecule has 1 aromatic rings. The summed E-state index contributed by atoms with van der Waals surface area (Å²) >= 11 is 13.2. The fraction of sp³-hybridized carbons (Fsp3) is 0.500. The normalized spacial score (nSPS) is 19.8. The number of thioether (sulfide) groups is 1. The Bertz CT molecular complexity index is 760. The third-order valence-corrected chi connectivity index (χ3v) is 6.29. The van der Waals surface area contributed by atoms with Crippen LogP contribution in [0.2, 0.25) is 5.02 Å². The second-order valence-corrected chi connectivity index (χ2v) is 8.62. The van der Waals surface area contributed by atoms with Gasteiger partial charge in [0.2, 0.25) is 0 Å². The molecule has 0 bridgehead atoms. The van der Waals surface area contributed by atoms with Crippen LogP contribution in [0.15, 0.2) is 17.0 Å². The number of nitrogens with zero attached hydrogens (tertiary/aromatic N) is 1. The van der Waals surface area contributed by atoms with Crippen molar-refractivity contribution in [3.05, 3.63) is 27.6 Å². The first-order valence-corrected chi connectivity index (χ1v) is 11.0. The van der Waals surface area contributed by atoms with E-state index in [1.165, 1.54) is 18.2 Å². The molecular formula is C20H24ClNO3S2. The predicted molar refractivity (Wildman–Crippen MR) is 116 cm³/mol. The number of thiocarbonyl (C=S) groups is 1. The maximum Gasteiger partial charge on any atom is 0.266 e. The van der Waals surface area contributed by atoms with Gasteiger partial charge in [-0.1, -0.05) is 54.8 Å². The molecular weight excluding hydrogens is 402 g/mol. The molecule has 27 heavy (non-hydrogen) atoms. The van der Waals surface area contributed by atoms with Crippen LogP contribution in [0.1, 0.15) is 51.5 Å². The van der Waals surface area contributed by atoms with Crippen LogP contribution in [-0.2, 0) is 4.79 Å². The number of benzene rings is 1. The Morgan fingerprint density at radius 2 is 1.93 bits per heavy atom. The lowest BCUT2D eigenvalue weighted by molar-refractivity contribution is -0.124. The molecule has 1 aliphatic carbocycles. The van der Waals surface area contributed by atoms with Crippen LogP contribution in [0.25, 0.3) is 6.08 Å². The van der Waals surface area contributed by atoms with Gasteiger partial charge in [0.1, 0.15) is 4.32 Å². The highest BCUT2D eigenvalue weighted by Crippen LogP contribution is 2.40. The summed E-state index contributed by atoms with van der Waals surface area (Å²) in [6, 6.07) is 3.88. The van der Waals surface area contributed by atoms with E-state index >= 15 is 0 Å². The molecule has 1 aliphatic heterocycles. The van der Waals surface area contributed by atoms with E-state index in [-0.39, 0.29) is 11.9 Å². The van der Waals surface area contributed by atoms with Gasteiger partial charge in [-0.05, 0) is 50.5 Å². The molecule has 7 heteroatoms. The first-order valence-electron chi connectivity index (χ1n) is 9.41. The highest BCUT2D eigenvalue weighted by Gasteiger charge is 2.37. The minimum Gasteiger partial charge on any atom is -0.490 e. The summed E-state index contributed by atoms with van der Waals surface area (Å²) < 4.78 is 11.9. The van der Waals surface area contributed by atoms with E-state index in [2.05, 4.69) is 0 Å². The van der Waals surface area contributed by atoms with E-state index in [9.17, 15) is 4.79 Å². The average Bonchev–Trinajstić information content (AvgIpc) is 2.92. The minimum atomic E-state index is -0.000123. The topological polar surface area (TPSA) is 38.8 Å². The summed E-state index contributed by atoms with van der Waals surface area (Å²) in [4.78, 5) is 15.4. The van der Waals surface area contributed by atoms with Gasteiger partial charge in [0.15, 0.2) is 11.5 Å². The molecule has 2 fully saturated rings. The Labute approximate surface area is 175 Å². The maximum absolute atomic E-state index is 12.9. The van der Waals surface area contributed by atoms with Gasteiger partial charge in [0, 0.05) is 6.04 Å². The fourth-order valence-corrected chi connectivity index (χ4v) is 5.18. The molecule has 0 spiro atoms. The summed E-state index contributed by atoms with van der Waals surface area (Å²) in [5.74, 6) is 1.12. The SMILES string of the molecule is CCOc1cc(/C=C2\SC(=S)N(C3CCCCC3)C2=O)cc(Cl)c1OCC. The summed E-state index contributed by atoms with van der Waals surface area (Å²) in [6.07, 6.45) is 7.46. The van der Waals surface area contributed by atoms with Crippen LogP contribution in [-0.4, -0.2) is 34.4 Å². The number of amides is 1. The van der Waals surface area contributed by atoms with Crippen molar-refractivity contribution in [2.24, 2.45) is 0 Å². The maximum atomic E-state index is 12.9. The summed E-state index contributed by atoms with van der Waals surface area (Å²) in [6.45, 7) is 4.81. The molecule has 146 valence electrons. The Hall–Kier alpha value is -1.24. The molecule has 0 radical (unpaired) electrons. The van der Waals surface area contributed by atoms with E-state index in [4.69, 9.17) is 33.3 Å². The van der Waals surface area contributed by atoms with E-state index in [0.717, 1.165) is 31.2 Å². The lowest BCUT2D eigenvalue weighted by Gasteiger charge is -2.29. The lowest BCUT2D eigenvalue weighted by Crippen LogP contribution is -2.39. The van der Waals surface area contributed by atoms with Gasteiger partial charge >= 0.3 is 0 Å². The number of rotatable bonds is 6. The van der Waals surface area contributed by atoms with Gasteiger partial charge in [-0.25, -0.2) is 0 Å². The summed E-state index contributed by atoms with van der Waals surface area (Å²) in [7, 11) is 0. The van der Waals surface area contributed by atoms with Crippen molar-refractivity contribution >= 4 is 51.9 Å². The summed E-state index contributed by atoms with van der Waals surface area (Å²) in [5, 5.41) is 0.469. The van der Waals surface area contributed by atoms with Crippen molar-refractivity contribution in [3.8, 4) is 11.5 Å². The lowest BCUT2D eigenvalue weighted by atomic mass is 9.94. The largest absolute Gasteiger partial charge is 0.490 e. The van der Waals surface area contributed by atoms with Crippen molar-refractivity contribution < 1.29 is 14.3 Å². The Morgan fingerprint density at radius 3 is 2.59 bits per heavy atom. The van der Waals surface area contributed by atoms with Gasteiger partial charge < -0.3 is 9.47 Å². The second-order valence-electron chi connectivity index (χ2n) is 6.54. The molecule has 1 saturated heterocycles. The quantitative estimate of drug-likeness (QED) is 0.433. The van der Waals surface area contributed by atoms with Crippen LogP contribution in [0.3, 0.4) is 0 Å². The molecule has 1 aromatic carbocycles. The fourth-order valence-electron chi connectivity index (χ4n) is 3.50. The zero-order valence-electron chi connectivity index (χ0n) is 15.6. The molecule has 0 unspecified atom stereocenters. The van der Waals surface area contributed by atoms with E-state index in [1.807, 2.05) is 30.9 Å². The summed E-state index contributed by atoms with van der Waals surface area (Å²) in [5.41, 5.74) is 0.802. The van der Waals surface area contributed by atoms with Crippen molar-refractivity contribution in [3.63, 3.8) is 0 Å². The number of carbonyl (C=O) groups is 1. The molecule has 1 saturated carbocycles. The number of hydrogen-bond donors (Lipinski definition) is 0. The van der Waals surface area contributed by atoms with Gasteiger partial charge in [-0.3, -0.25) is 9.69 Å². The van der Waals surface area contributed by atoms with E-state index < -0.39 is 0 Å². The van der Waals surface area contributed by atoms with Gasteiger partial charge in [0.25, 0.3) is 5.91 Å². The number of carbonyl (C=O) groups excluding carboxylic acids is 1. The number of ether oxygens (including phenoxy) is 2. The predicted octanol–water partition coefficient (Wildman–Crippen LogP) is 5.67. The van der Waals surface area contributed by atoms with Crippen LogP contribution < -0.4 is 9.47 Å². The van der Waals surface area contributed by atoms with Crippen molar-refractivity contribution in [2.75, 3.05) is 13.2 Å². The van der Waals surface area contributed by atoms with Gasteiger partial charge in [0.05, 0.1) is 23.1 Å². The number of hydrogen-bond acceptors (Lipinski definition) is 5. The second kappa shape index (κ2) is 9.30. The molecule has 0 aromatic heterocycles. The molecule has 1 heterocycles. The molecule has 3 rings (SSSR count). The molecule has 1 amide bonds. The third kappa shape index (κ3) is 4.61.